The Morgan fingerprint density at radius 1 is 0.812 bits per heavy atom. The van der Waals surface area contributed by atoms with Gasteiger partial charge in [0.25, 0.3) is 0 Å². The van der Waals surface area contributed by atoms with E-state index in [1.807, 2.05) is 66.7 Å². The van der Waals surface area contributed by atoms with Crippen LogP contribution in [0.25, 0.3) is 5.57 Å². The van der Waals surface area contributed by atoms with Gasteiger partial charge in [0, 0.05) is 32.5 Å². The van der Waals surface area contributed by atoms with Gasteiger partial charge in [-0.2, -0.15) is 0 Å². The van der Waals surface area contributed by atoms with Crippen LogP contribution in [0.3, 0.4) is 0 Å². The Hall–Kier alpha value is -4.59. The minimum Gasteiger partial charge on any atom is -0.508 e. The maximum Gasteiger partial charge on any atom is 0.238 e. The fourth-order valence-electron chi connectivity index (χ4n) is 8.82. The molecular formula is C40H29BrClNO5. The monoisotopic (exact) mass is 717 g/mol. The van der Waals surface area contributed by atoms with Gasteiger partial charge in [-0.05, 0) is 78.4 Å². The van der Waals surface area contributed by atoms with Gasteiger partial charge in [-0.3, -0.25) is 24.1 Å². The Balaban J connectivity index is 1.37. The van der Waals surface area contributed by atoms with Crippen molar-refractivity contribution in [3.8, 4) is 5.75 Å². The first kappa shape index (κ1) is 30.7. The van der Waals surface area contributed by atoms with E-state index in [9.17, 15) is 19.5 Å². The molecule has 238 valence electrons. The number of hydrogen-bond acceptors (Lipinski definition) is 5. The molecule has 4 aromatic rings. The molecule has 0 spiro atoms. The third kappa shape index (κ3) is 4.44. The highest BCUT2D eigenvalue weighted by atomic mass is 79.9. The number of phenolic OH excluding ortho intramolecular Hbond substituents is 1. The Labute approximate surface area is 290 Å². The maximum atomic E-state index is 15.0. The molecule has 2 fully saturated rings. The van der Waals surface area contributed by atoms with Gasteiger partial charge in [-0.25, -0.2) is 0 Å². The molecule has 6 atom stereocenters. The number of amides is 2. The summed E-state index contributed by atoms with van der Waals surface area (Å²) in [4.78, 5) is 59.6. The van der Waals surface area contributed by atoms with Crippen LogP contribution in [-0.4, -0.2) is 28.5 Å². The van der Waals surface area contributed by atoms with Crippen molar-refractivity contribution in [3.05, 3.63) is 147 Å². The third-order valence-electron chi connectivity index (χ3n) is 10.8. The molecule has 0 radical (unpaired) electrons. The second kappa shape index (κ2) is 11.5. The highest BCUT2D eigenvalue weighted by Gasteiger charge is 2.66. The minimum absolute atomic E-state index is 0.0643. The molecule has 1 saturated carbocycles. The number of allylic oxidation sites excluding steroid dienone is 4. The number of ketones is 2. The molecule has 6 nitrogen and oxygen atoms in total. The van der Waals surface area contributed by atoms with Crippen LogP contribution in [0, 0.1) is 23.7 Å². The topological polar surface area (TPSA) is 91.8 Å². The molecule has 1 N–H and O–H groups in total. The van der Waals surface area contributed by atoms with Crippen molar-refractivity contribution in [2.75, 3.05) is 4.90 Å². The van der Waals surface area contributed by atoms with Crippen molar-refractivity contribution in [2.45, 2.75) is 24.2 Å². The van der Waals surface area contributed by atoms with E-state index in [4.69, 9.17) is 11.6 Å². The lowest BCUT2D eigenvalue weighted by Gasteiger charge is -2.55. The molecule has 4 aromatic carbocycles. The van der Waals surface area contributed by atoms with Gasteiger partial charge >= 0.3 is 0 Å². The lowest BCUT2D eigenvalue weighted by Crippen LogP contribution is -2.58. The van der Waals surface area contributed by atoms with Crippen LogP contribution in [0.15, 0.2) is 125 Å². The third-order valence-corrected chi connectivity index (χ3v) is 11.5. The average Bonchev–Trinajstić information content (AvgIpc) is 3.36. The largest absolute Gasteiger partial charge is 0.508 e. The molecule has 3 aliphatic carbocycles. The normalized spacial score (nSPS) is 28.0. The zero-order valence-electron chi connectivity index (χ0n) is 25.6. The number of nitrogens with zero attached hydrogens (tertiary/aromatic N) is 1. The number of carbonyl (C=O) groups is 4. The predicted octanol–water partition coefficient (Wildman–Crippen LogP) is 7.84. The SMILES string of the molecule is O=C1C(c2ccccc2)=CC(=O)C2(c3ccccc3)C1CC1C(=CCC3C(=O)N(c4ccc(Br)cc4)C(=O)C31)C2c1cc(Cl)ccc1O. The summed E-state index contributed by atoms with van der Waals surface area (Å²) >= 11 is 10.0. The molecule has 4 aliphatic rings. The van der Waals surface area contributed by atoms with Gasteiger partial charge in [-0.15, -0.1) is 0 Å². The summed E-state index contributed by atoms with van der Waals surface area (Å²) in [5.74, 6) is -4.77. The number of Topliss-reactive ketones (excluding diaryl/α,β-unsaturated/α-hetero) is 1. The van der Waals surface area contributed by atoms with Crippen molar-refractivity contribution < 1.29 is 24.3 Å². The molecule has 8 heteroatoms. The van der Waals surface area contributed by atoms with Crippen molar-refractivity contribution in [3.63, 3.8) is 0 Å². The smallest absolute Gasteiger partial charge is 0.238 e. The van der Waals surface area contributed by atoms with E-state index in [2.05, 4.69) is 15.9 Å². The number of imide groups is 1. The maximum absolute atomic E-state index is 15.0. The highest BCUT2D eigenvalue weighted by Crippen LogP contribution is 2.64. The van der Waals surface area contributed by atoms with E-state index < -0.39 is 35.0 Å². The Kier molecular flexibility index (Phi) is 7.38. The molecule has 0 bridgehead atoms. The Morgan fingerprint density at radius 2 is 1.50 bits per heavy atom. The molecule has 1 saturated heterocycles. The Morgan fingerprint density at radius 3 is 2.21 bits per heavy atom. The van der Waals surface area contributed by atoms with Crippen molar-refractivity contribution >= 4 is 62.2 Å². The second-order valence-corrected chi connectivity index (χ2v) is 14.3. The zero-order chi connectivity index (χ0) is 33.3. The van der Waals surface area contributed by atoms with Crippen LogP contribution in [-0.2, 0) is 24.6 Å². The number of fused-ring (bicyclic) bond motifs is 4. The first-order valence-corrected chi connectivity index (χ1v) is 17.1. The number of halogens is 2. The molecule has 6 unspecified atom stereocenters. The molecule has 1 aliphatic heterocycles. The molecule has 48 heavy (non-hydrogen) atoms. The number of carbonyl (C=O) groups excluding carboxylic acids is 4. The lowest BCUT2D eigenvalue weighted by atomic mass is 9.44. The van der Waals surface area contributed by atoms with Crippen LogP contribution in [0.4, 0.5) is 5.69 Å². The van der Waals surface area contributed by atoms with Crippen LogP contribution in [0.2, 0.25) is 5.02 Å². The minimum atomic E-state index is -1.44. The van der Waals surface area contributed by atoms with Crippen molar-refractivity contribution in [1.29, 1.82) is 0 Å². The average molecular weight is 719 g/mol. The van der Waals surface area contributed by atoms with Gasteiger partial charge in [0.05, 0.1) is 22.9 Å². The number of benzene rings is 4. The highest BCUT2D eigenvalue weighted by molar-refractivity contribution is 9.10. The van der Waals surface area contributed by atoms with Crippen molar-refractivity contribution in [1.82, 2.24) is 0 Å². The first-order chi connectivity index (χ1) is 23.2. The summed E-state index contributed by atoms with van der Waals surface area (Å²) in [7, 11) is 0. The fourth-order valence-corrected chi connectivity index (χ4v) is 9.26. The van der Waals surface area contributed by atoms with Crippen LogP contribution >= 0.6 is 27.5 Å². The predicted molar refractivity (Wildman–Crippen MR) is 186 cm³/mol. The van der Waals surface area contributed by atoms with Crippen LogP contribution in [0.1, 0.15) is 35.4 Å². The van der Waals surface area contributed by atoms with Gasteiger partial charge in [0.1, 0.15) is 5.75 Å². The lowest BCUT2D eigenvalue weighted by molar-refractivity contribution is -0.135. The van der Waals surface area contributed by atoms with E-state index in [0.717, 1.165) is 10.0 Å². The van der Waals surface area contributed by atoms with E-state index in [-0.39, 0.29) is 42.0 Å². The van der Waals surface area contributed by atoms with Gasteiger partial charge in [0.2, 0.25) is 11.8 Å². The van der Waals surface area contributed by atoms with E-state index in [1.165, 1.54) is 17.0 Å². The zero-order valence-corrected chi connectivity index (χ0v) is 27.9. The second-order valence-electron chi connectivity index (χ2n) is 13.0. The summed E-state index contributed by atoms with van der Waals surface area (Å²) in [6.45, 7) is 0. The quantitative estimate of drug-likeness (QED) is 0.172. The van der Waals surface area contributed by atoms with Crippen LogP contribution in [0.5, 0.6) is 5.75 Å². The molecular weight excluding hydrogens is 690 g/mol. The standard InChI is InChI=1S/C40H29BrClNO5/c41-24-11-14-26(15-12-24)43-38(47)28-17-16-27-30(35(28)39(43)48)20-32-37(46)29(22-7-3-1-4-8-22)21-34(45)40(32,23-9-5-2-6-10-23)36(27)31-19-25(42)13-18-33(31)44/h1-16,18-19,21,28,30,32,35-36,44H,17,20H2. The van der Waals surface area contributed by atoms with E-state index >= 15 is 4.79 Å². The molecule has 2 amide bonds. The van der Waals surface area contributed by atoms with E-state index in [0.29, 0.717) is 33.0 Å². The van der Waals surface area contributed by atoms with E-state index in [1.54, 1.807) is 36.4 Å². The van der Waals surface area contributed by atoms with Crippen molar-refractivity contribution in [2.24, 2.45) is 23.7 Å². The summed E-state index contributed by atoms with van der Waals surface area (Å²) in [5, 5.41) is 11.8. The number of hydrogen-bond donors (Lipinski definition) is 1. The summed E-state index contributed by atoms with van der Waals surface area (Å²) in [6.07, 6.45) is 3.90. The molecule has 8 rings (SSSR count). The number of rotatable bonds is 4. The first-order valence-electron chi connectivity index (χ1n) is 15.9. The summed E-state index contributed by atoms with van der Waals surface area (Å²) in [6, 6.07) is 30.2. The van der Waals surface area contributed by atoms with Gasteiger partial charge in [-0.1, -0.05) is 99.8 Å². The van der Waals surface area contributed by atoms with Crippen LogP contribution < -0.4 is 4.90 Å². The summed E-state index contributed by atoms with van der Waals surface area (Å²) < 4.78 is 0.822. The Bertz CT molecular complexity index is 2080. The summed E-state index contributed by atoms with van der Waals surface area (Å²) in [5.41, 5.74) is 1.82. The van der Waals surface area contributed by atoms with Gasteiger partial charge < -0.3 is 5.11 Å². The van der Waals surface area contributed by atoms with Gasteiger partial charge in [0.15, 0.2) is 11.6 Å². The number of anilines is 1. The molecule has 1 heterocycles. The number of phenols is 1. The molecule has 0 aromatic heterocycles. The fraction of sp³-hybridized carbons (Fsp3) is 0.200. The number of aromatic hydroxyl groups is 1.